The molecule has 1 amide bonds. The monoisotopic (exact) mass is 336 g/mol. The molecular formula is C15H20N4O3S. The fraction of sp³-hybridized carbons (Fsp3) is 0.333. The number of nitrogens with one attached hydrogen (secondary N) is 1. The van der Waals surface area contributed by atoms with E-state index in [1.807, 2.05) is 0 Å². The molecule has 0 aliphatic rings. The lowest BCUT2D eigenvalue weighted by Crippen LogP contribution is -2.25. The lowest BCUT2D eigenvalue weighted by molar-refractivity contribution is -0.119. The molecule has 0 saturated heterocycles. The molecule has 0 saturated carbocycles. The predicted octanol–water partition coefficient (Wildman–Crippen LogP) is 1.64. The lowest BCUT2D eigenvalue weighted by atomic mass is 10.2. The van der Waals surface area contributed by atoms with Crippen molar-refractivity contribution in [1.29, 1.82) is 0 Å². The van der Waals surface area contributed by atoms with Gasteiger partial charge < -0.3 is 5.32 Å². The zero-order valence-electron chi connectivity index (χ0n) is 13.5. The van der Waals surface area contributed by atoms with E-state index in [1.165, 1.54) is 30.9 Å². The first kappa shape index (κ1) is 17.2. The maximum atomic E-state index is 12.3. The lowest BCUT2D eigenvalue weighted by Gasteiger charge is -2.16. The first-order chi connectivity index (χ1) is 10.7. The standard InChI is InChI=1S/C15H20N4O3S/c1-11-6-7-13(23(21,22)18(3)4)10-14(11)17-15(20)12(2)19-9-5-8-16-19/h5-10,12H,1-4H3,(H,17,20). The Morgan fingerprint density at radius 3 is 2.61 bits per heavy atom. The molecule has 0 aliphatic heterocycles. The molecule has 124 valence electrons. The summed E-state index contributed by atoms with van der Waals surface area (Å²) in [5.41, 5.74) is 1.25. The van der Waals surface area contributed by atoms with Crippen LogP contribution in [-0.4, -0.2) is 42.5 Å². The average Bonchev–Trinajstić information content (AvgIpc) is 3.02. The van der Waals surface area contributed by atoms with Crippen molar-refractivity contribution in [2.24, 2.45) is 0 Å². The number of aromatic nitrogens is 2. The highest BCUT2D eigenvalue weighted by molar-refractivity contribution is 7.89. The van der Waals surface area contributed by atoms with E-state index in [9.17, 15) is 13.2 Å². The number of anilines is 1. The highest BCUT2D eigenvalue weighted by Crippen LogP contribution is 2.22. The van der Waals surface area contributed by atoms with Gasteiger partial charge in [-0.1, -0.05) is 6.07 Å². The van der Waals surface area contributed by atoms with Crippen molar-refractivity contribution in [2.45, 2.75) is 24.8 Å². The third-order valence-electron chi connectivity index (χ3n) is 3.55. The van der Waals surface area contributed by atoms with Gasteiger partial charge in [0, 0.05) is 32.2 Å². The second-order valence-electron chi connectivity index (χ2n) is 5.42. The quantitative estimate of drug-likeness (QED) is 0.899. The summed E-state index contributed by atoms with van der Waals surface area (Å²) < 4.78 is 27.1. The van der Waals surface area contributed by atoms with Crippen molar-refractivity contribution in [3.05, 3.63) is 42.2 Å². The van der Waals surface area contributed by atoms with Gasteiger partial charge in [0.1, 0.15) is 6.04 Å². The SMILES string of the molecule is Cc1ccc(S(=O)(=O)N(C)C)cc1NC(=O)C(C)n1cccn1. The summed E-state index contributed by atoms with van der Waals surface area (Å²) in [7, 11) is -0.620. The zero-order valence-corrected chi connectivity index (χ0v) is 14.3. The van der Waals surface area contributed by atoms with Gasteiger partial charge in [0.05, 0.1) is 4.90 Å². The Morgan fingerprint density at radius 1 is 1.35 bits per heavy atom. The largest absolute Gasteiger partial charge is 0.324 e. The van der Waals surface area contributed by atoms with E-state index in [0.29, 0.717) is 5.69 Å². The van der Waals surface area contributed by atoms with Gasteiger partial charge in [0.2, 0.25) is 15.9 Å². The van der Waals surface area contributed by atoms with Crippen LogP contribution in [0.15, 0.2) is 41.6 Å². The van der Waals surface area contributed by atoms with Crippen LogP contribution in [0.25, 0.3) is 0 Å². The summed E-state index contributed by atoms with van der Waals surface area (Å²) in [6, 6.07) is 5.90. The Bertz CT molecular complexity index is 798. The molecule has 7 nitrogen and oxygen atoms in total. The number of sulfonamides is 1. The minimum absolute atomic E-state index is 0.134. The van der Waals surface area contributed by atoms with Crippen LogP contribution in [0.1, 0.15) is 18.5 Å². The van der Waals surface area contributed by atoms with Crippen LogP contribution in [0.2, 0.25) is 0 Å². The van der Waals surface area contributed by atoms with Crippen LogP contribution in [0.5, 0.6) is 0 Å². The summed E-state index contributed by atoms with van der Waals surface area (Å²) >= 11 is 0. The van der Waals surface area contributed by atoms with Crippen molar-refractivity contribution in [2.75, 3.05) is 19.4 Å². The van der Waals surface area contributed by atoms with Crippen molar-refractivity contribution in [3.8, 4) is 0 Å². The van der Waals surface area contributed by atoms with E-state index in [0.717, 1.165) is 9.87 Å². The summed E-state index contributed by atoms with van der Waals surface area (Å²) in [6.45, 7) is 3.53. The van der Waals surface area contributed by atoms with Gasteiger partial charge in [-0.2, -0.15) is 5.10 Å². The molecular weight excluding hydrogens is 316 g/mol. The number of amides is 1. The van der Waals surface area contributed by atoms with Crippen molar-refractivity contribution in [3.63, 3.8) is 0 Å². The van der Waals surface area contributed by atoms with Gasteiger partial charge in [0.25, 0.3) is 0 Å². The van der Waals surface area contributed by atoms with Gasteiger partial charge in [-0.15, -0.1) is 0 Å². The van der Waals surface area contributed by atoms with Crippen LogP contribution in [0.4, 0.5) is 5.69 Å². The van der Waals surface area contributed by atoms with Crippen LogP contribution < -0.4 is 5.32 Å². The molecule has 8 heteroatoms. The number of carbonyl (C=O) groups is 1. The second kappa shape index (κ2) is 6.51. The Balaban J connectivity index is 2.28. The van der Waals surface area contributed by atoms with Crippen LogP contribution >= 0.6 is 0 Å². The van der Waals surface area contributed by atoms with Crippen molar-refractivity contribution in [1.82, 2.24) is 14.1 Å². The van der Waals surface area contributed by atoms with Gasteiger partial charge in [-0.25, -0.2) is 12.7 Å². The first-order valence-corrected chi connectivity index (χ1v) is 8.50. The van der Waals surface area contributed by atoms with Gasteiger partial charge in [0.15, 0.2) is 0 Å². The maximum absolute atomic E-state index is 12.3. The number of nitrogens with zero attached hydrogens (tertiary/aromatic N) is 3. The normalized spacial score (nSPS) is 13.1. The summed E-state index contributed by atoms with van der Waals surface area (Å²) in [5.74, 6) is -0.267. The van der Waals surface area contributed by atoms with E-state index in [1.54, 1.807) is 38.4 Å². The van der Waals surface area contributed by atoms with E-state index < -0.39 is 16.1 Å². The van der Waals surface area contributed by atoms with Crippen molar-refractivity contribution < 1.29 is 13.2 Å². The molecule has 1 atom stereocenters. The number of carbonyl (C=O) groups excluding carboxylic acids is 1. The average molecular weight is 336 g/mol. The number of benzene rings is 1. The molecule has 23 heavy (non-hydrogen) atoms. The molecule has 1 aromatic heterocycles. The Hall–Kier alpha value is -2.19. The molecule has 1 aromatic carbocycles. The summed E-state index contributed by atoms with van der Waals surface area (Å²) in [6.07, 6.45) is 3.29. The molecule has 0 spiro atoms. The van der Waals surface area contributed by atoms with E-state index in [4.69, 9.17) is 0 Å². The maximum Gasteiger partial charge on any atom is 0.248 e. The fourth-order valence-corrected chi connectivity index (χ4v) is 2.90. The van der Waals surface area contributed by atoms with E-state index in [2.05, 4.69) is 10.4 Å². The first-order valence-electron chi connectivity index (χ1n) is 7.06. The minimum atomic E-state index is -3.55. The molecule has 2 rings (SSSR count). The number of rotatable bonds is 5. The predicted molar refractivity (Wildman–Crippen MR) is 87.6 cm³/mol. The van der Waals surface area contributed by atoms with Gasteiger partial charge in [-0.05, 0) is 37.6 Å². The highest BCUT2D eigenvalue weighted by Gasteiger charge is 2.20. The number of aryl methyl sites for hydroxylation is 1. The molecule has 0 bridgehead atoms. The molecule has 0 fully saturated rings. The Labute approximate surface area is 136 Å². The van der Waals surface area contributed by atoms with Gasteiger partial charge in [-0.3, -0.25) is 9.48 Å². The van der Waals surface area contributed by atoms with Crippen LogP contribution in [-0.2, 0) is 14.8 Å². The van der Waals surface area contributed by atoms with E-state index >= 15 is 0 Å². The van der Waals surface area contributed by atoms with E-state index in [-0.39, 0.29) is 10.8 Å². The smallest absolute Gasteiger partial charge is 0.248 e. The molecule has 1 N–H and O–H groups in total. The Kier molecular flexibility index (Phi) is 4.86. The van der Waals surface area contributed by atoms with Crippen molar-refractivity contribution >= 4 is 21.6 Å². The second-order valence-corrected chi connectivity index (χ2v) is 7.57. The highest BCUT2D eigenvalue weighted by atomic mass is 32.2. The molecule has 1 heterocycles. The number of hydrogen-bond acceptors (Lipinski definition) is 4. The third kappa shape index (κ3) is 3.59. The number of hydrogen-bond donors (Lipinski definition) is 1. The van der Waals surface area contributed by atoms with Gasteiger partial charge >= 0.3 is 0 Å². The van der Waals surface area contributed by atoms with Crippen LogP contribution in [0, 0.1) is 6.92 Å². The molecule has 0 aliphatic carbocycles. The molecule has 1 unspecified atom stereocenters. The minimum Gasteiger partial charge on any atom is -0.324 e. The summed E-state index contributed by atoms with van der Waals surface area (Å²) in [5, 5.41) is 6.80. The zero-order chi connectivity index (χ0) is 17.2. The molecule has 0 radical (unpaired) electrons. The summed E-state index contributed by atoms with van der Waals surface area (Å²) in [4.78, 5) is 12.5. The topological polar surface area (TPSA) is 84.3 Å². The Morgan fingerprint density at radius 2 is 2.04 bits per heavy atom. The fourth-order valence-electron chi connectivity index (χ4n) is 1.97. The third-order valence-corrected chi connectivity index (χ3v) is 5.36. The molecule has 2 aromatic rings. The van der Waals surface area contributed by atoms with Crippen LogP contribution in [0.3, 0.4) is 0 Å².